The second-order valence-corrected chi connectivity index (χ2v) is 6.20. The van der Waals surface area contributed by atoms with Gasteiger partial charge in [-0.25, -0.2) is 0 Å². The van der Waals surface area contributed by atoms with E-state index in [1.54, 1.807) is 0 Å². The van der Waals surface area contributed by atoms with E-state index in [1.807, 2.05) is 30.1 Å². The van der Waals surface area contributed by atoms with Crippen LogP contribution in [-0.4, -0.2) is 22.2 Å². The summed E-state index contributed by atoms with van der Waals surface area (Å²) in [5, 5.41) is 10.8. The SMILES string of the molecule is CC(=O)Nc1ccc(CCNC2CCCc3c2cnn3C)cc1. The summed E-state index contributed by atoms with van der Waals surface area (Å²) in [5.41, 5.74) is 4.85. The Bertz CT molecular complexity index is 675. The quantitative estimate of drug-likeness (QED) is 0.892. The van der Waals surface area contributed by atoms with Crippen LogP contribution < -0.4 is 10.6 Å². The molecule has 0 bridgehead atoms. The van der Waals surface area contributed by atoms with E-state index in [2.05, 4.69) is 27.9 Å². The van der Waals surface area contributed by atoms with Gasteiger partial charge >= 0.3 is 0 Å². The summed E-state index contributed by atoms with van der Waals surface area (Å²) >= 11 is 0. The fraction of sp³-hybridized carbons (Fsp3) is 0.444. The monoisotopic (exact) mass is 312 g/mol. The molecule has 5 heteroatoms. The number of fused-ring (bicyclic) bond motifs is 1. The number of carbonyl (C=O) groups is 1. The number of aryl methyl sites for hydroxylation is 1. The molecule has 5 nitrogen and oxygen atoms in total. The van der Waals surface area contributed by atoms with E-state index in [1.165, 1.54) is 36.6 Å². The molecule has 0 fully saturated rings. The molecule has 0 saturated heterocycles. The molecule has 1 aromatic carbocycles. The molecule has 1 amide bonds. The lowest BCUT2D eigenvalue weighted by Gasteiger charge is -2.24. The maximum absolute atomic E-state index is 11.0. The van der Waals surface area contributed by atoms with E-state index in [9.17, 15) is 4.79 Å². The highest BCUT2D eigenvalue weighted by atomic mass is 16.1. The molecule has 1 atom stereocenters. The van der Waals surface area contributed by atoms with Gasteiger partial charge in [0.1, 0.15) is 0 Å². The average Bonchev–Trinajstić information content (AvgIpc) is 2.91. The van der Waals surface area contributed by atoms with Gasteiger partial charge in [-0.05, 0) is 49.9 Å². The molecular weight excluding hydrogens is 288 g/mol. The van der Waals surface area contributed by atoms with Gasteiger partial charge in [-0.2, -0.15) is 5.10 Å². The molecule has 1 heterocycles. The summed E-state index contributed by atoms with van der Waals surface area (Å²) in [6.45, 7) is 2.47. The molecule has 0 saturated carbocycles. The summed E-state index contributed by atoms with van der Waals surface area (Å²) in [6, 6.07) is 8.48. The van der Waals surface area contributed by atoms with Crippen molar-refractivity contribution in [2.45, 2.75) is 38.6 Å². The summed E-state index contributed by atoms with van der Waals surface area (Å²) in [6.07, 6.45) is 6.52. The average molecular weight is 312 g/mol. The highest BCUT2D eigenvalue weighted by Crippen LogP contribution is 2.28. The van der Waals surface area contributed by atoms with Crippen molar-refractivity contribution in [1.29, 1.82) is 0 Å². The zero-order valence-electron chi connectivity index (χ0n) is 13.8. The van der Waals surface area contributed by atoms with Crippen molar-refractivity contribution >= 4 is 11.6 Å². The number of rotatable bonds is 5. The predicted octanol–water partition coefficient (Wildman–Crippen LogP) is 2.59. The topological polar surface area (TPSA) is 59.0 Å². The minimum Gasteiger partial charge on any atom is -0.326 e. The van der Waals surface area contributed by atoms with Gasteiger partial charge < -0.3 is 10.6 Å². The number of anilines is 1. The van der Waals surface area contributed by atoms with Crippen molar-refractivity contribution in [3.05, 3.63) is 47.3 Å². The first-order chi connectivity index (χ1) is 11.1. The lowest BCUT2D eigenvalue weighted by Crippen LogP contribution is -2.27. The second kappa shape index (κ2) is 6.96. The third kappa shape index (κ3) is 3.79. The molecule has 0 spiro atoms. The Hall–Kier alpha value is -2.14. The van der Waals surface area contributed by atoms with Crippen molar-refractivity contribution in [2.24, 2.45) is 7.05 Å². The minimum atomic E-state index is -0.0380. The van der Waals surface area contributed by atoms with Gasteiger partial charge in [-0.15, -0.1) is 0 Å². The highest BCUT2D eigenvalue weighted by Gasteiger charge is 2.22. The van der Waals surface area contributed by atoms with Crippen LogP contribution in [0.4, 0.5) is 5.69 Å². The molecule has 0 aliphatic heterocycles. The zero-order chi connectivity index (χ0) is 16.2. The molecular formula is C18H24N4O. The van der Waals surface area contributed by atoms with Crippen LogP contribution in [-0.2, 0) is 24.7 Å². The third-order valence-corrected chi connectivity index (χ3v) is 4.45. The second-order valence-electron chi connectivity index (χ2n) is 6.20. The number of aromatic nitrogens is 2. The molecule has 1 aliphatic carbocycles. The van der Waals surface area contributed by atoms with Crippen LogP contribution in [0.25, 0.3) is 0 Å². The van der Waals surface area contributed by atoms with Gasteiger partial charge in [-0.1, -0.05) is 12.1 Å². The van der Waals surface area contributed by atoms with Crippen LogP contribution in [0.5, 0.6) is 0 Å². The fourth-order valence-corrected chi connectivity index (χ4v) is 3.27. The van der Waals surface area contributed by atoms with E-state index in [0.717, 1.165) is 25.1 Å². The normalized spacial score (nSPS) is 16.9. The number of nitrogens with zero attached hydrogens (tertiary/aromatic N) is 2. The van der Waals surface area contributed by atoms with E-state index in [0.29, 0.717) is 6.04 Å². The van der Waals surface area contributed by atoms with Crippen molar-refractivity contribution in [2.75, 3.05) is 11.9 Å². The number of hydrogen-bond donors (Lipinski definition) is 2. The number of hydrogen-bond acceptors (Lipinski definition) is 3. The summed E-state index contributed by atoms with van der Waals surface area (Å²) in [4.78, 5) is 11.0. The maximum Gasteiger partial charge on any atom is 0.221 e. The van der Waals surface area contributed by atoms with E-state index >= 15 is 0 Å². The van der Waals surface area contributed by atoms with Gasteiger partial charge in [0.25, 0.3) is 0 Å². The van der Waals surface area contributed by atoms with E-state index in [4.69, 9.17) is 0 Å². The first-order valence-corrected chi connectivity index (χ1v) is 8.24. The molecule has 2 N–H and O–H groups in total. The lowest BCUT2D eigenvalue weighted by atomic mass is 9.93. The Balaban J connectivity index is 1.53. The van der Waals surface area contributed by atoms with Crippen LogP contribution in [0, 0.1) is 0 Å². The number of nitrogens with one attached hydrogen (secondary N) is 2. The van der Waals surface area contributed by atoms with E-state index in [-0.39, 0.29) is 5.91 Å². The van der Waals surface area contributed by atoms with Crippen molar-refractivity contribution in [1.82, 2.24) is 15.1 Å². The van der Waals surface area contributed by atoms with Gasteiger partial charge in [0.2, 0.25) is 5.91 Å². The maximum atomic E-state index is 11.0. The Labute approximate surface area is 137 Å². The Morgan fingerprint density at radius 2 is 2.13 bits per heavy atom. The molecule has 122 valence electrons. The molecule has 1 aliphatic rings. The van der Waals surface area contributed by atoms with Crippen molar-refractivity contribution in [3.63, 3.8) is 0 Å². The minimum absolute atomic E-state index is 0.0380. The van der Waals surface area contributed by atoms with Crippen LogP contribution in [0.15, 0.2) is 30.5 Å². The standard InChI is InChI=1S/C18H24N4O/c1-13(23)21-15-8-6-14(7-9-15)10-11-19-17-4-3-5-18-16(17)12-20-22(18)2/h6-9,12,17,19H,3-5,10-11H2,1-2H3,(H,21,23). The molecule has 2 aromatic rings. The number of benzene rings is 1. The van der Waals surface area contributed by atoms with Gasteiger partial charge in [0.15, 0.2) is 0 Å². The summed E-state index contributed by atoms with van der Waals surface area (Å²) < 4.78 is 2.00. The van der Waals surface area contributed by atoms with Crippen LogP contribution >= 0.6 is 0 Å². The summed E-state index contributed by atoms with van der Waals surface area (Å²) in [7, 11) is 2.03. The summed E-state index contributed by atoms with van der Waals surface area (Å²) in [5.74, 6) is -0.0380. The molecule has 1 aromatic heterocycles. The predicted molar refractivity (Wildman–Crippen MR) is 91.3 cm³/mol. The number of amides is 1. The lowest BCUT2D eigenvalue weighted by molar-refractivity contribution is -0.114. The molecule has 23 heavy (non-hydrogen) atoms. The smallest absolute Gasteiger partial charge is 0.221 e. The molecule has 1 unspecified atom stereocenters. The largest absolute Gasteiger partial charge is 0.326 e. The Morgan fingerprint density at radius 1 is 1.35 bits per heavy atom. The third-order valence-electron chi connectivity index (χ3n) is 4.45. The number of carbonyl (C=O) groups excluding carboxylic acids is 1. The van der Waals surface area contributed by atoms with E-state index < -0.39 is 0 Å². The van der Waals surface area contributed by atoms with Gasteiger partial charge in [-0.3, -0.25) is 9.48 Å². The van der Waals surface area contributed by atoms with Crippen molar-refractivity contribution in [3.8, 4) is 0 Å². The van der Waals surface area contributed by atoms with Crippen LogP contribution in [0.3, 0.4) is 0 Å². The van der Waals surface area contributed by atoms with Crippen molar-refractivity contribution < 1.29 is 4.79 Å². The van der Waals surface area contributed by atoms with Gasteiger partial charge in [0, 0.05) is 37.0 Å². The van der Waals surface area contributed by atoms with Crippen LogP contribution in [0.1, 0.15) is 42.6 Å². The molecule has 0 radical (unpaired) electrons. The Morgan fingerprint density at radius 3 is 2.87 bits per heavy atom. The van der Waals surface area contributed by atoms with Crippen LogP contribution in [0.2, 0.25) is 0 Å². The zero-order valence-corrected chi connectivity index (χ0v) is 13.8. The highest BCUT2D eigenvalue weighted by molar-refractivity contribution is 5.88. The fourth-order valence-electron chi connectivity index (χ4n) is 3.27. The first-order valence-electron chi connectivity index (χ1n) is 8.24. The Kier molecular flexibility index (Phi) is 4.76. The molecule has 3 rings (SSSR count). The first kappa shape index (κ1) is 15.7. The van der Waals surface area contributed by atoms with Gasteiger partial charge in [0.05, 0.1) is 6.20 Å².